The summed E-state index contributed by atoms with van der Waals surface area (Å²) in [6.07, 6.45) is 3.29. The number of rotatable bonds is 5. The fourth-order valence-electron chi connectivity index (χ4n) is 2.24. The second-order valence-electron chi connectivity index (χ2n) is 5.44. The maximum atomic E-state index is 13.1. The molecule has 0 saturated carbocycles. The summed E-state index contributed by atoms with van der Waals surface area (Å²) in [5.74, 6) is -0.265. The summed E-state index contributed by atoms with van der Waals surface area (Å²) < 4.78 is 16.1. The van der Waals surface area contributed by atoms with Gasteiger partial charge in [-0.1, -0.05) is 29.3 Å². The first kappa shape index (κ1) is 17.4. The highest BCUT2D eigenvalue weighted by molar-refractivity contribution is 6.31. The van der Waals surface area contributed by atoms with Crippen LogP contribution in [-0.4, -0.2) is 25.5 Å². The predicted molar refractivity (Wildman–Crippen MR) is 93.3 cm³/mol. The number of carbonyl (C=O) groups excluding carboxylic acids is 1. The molecule has 0 aliphatic carbocycles. The predicted octanol–water partition coefficient (Wildman–Crippen LogP) is 3.52. The first-order valence-electron chi connectivity index (χ1n) is 7.37. The van der Waals surface area contributed by atoms with E-state index in [1.165, 1.54) is 16.8 Å². The molecule has 3 rings (SSSR count). The van der Waals surface area contributed by atoms with Gasteiger partial charge in [0.2, 0.25) is 5.91 Å². The van der Waals surface area contributed by atoms with Gasteiger partial charge in [-0.25, -0.2) is 4.39 Å². The molecule has 0 spiro atoms. The Balaban J connectivity index is 1.62. The Morgan fingerprint density at radius 1 is 1.20 bits per heavy atom. The van der Waals surface area contributed by atoms with Crippen molar-refractivity contribution in [3.8, 4) is 0 Å². The van der Waals surface area contributed by atoms with Crippen LogP contribution in [0, 0.1) is 12.7 Å². The minimum absolute atomic E-state index is 0.0320. The highest BCUT2D eigenvalue weighted by Gasteiger charge is 2.10. The van der Waals surface area contributed by atoms with Crippen LogP contribution >= 0.6 is 23.2 Å². The van der Waals surface area contributed by atoms with Crippen LogP contribution in [0.1, 0.15) is 11.3 Å². The SMILES string of the molecule is Cc1nn(CC(=O)Nc2ccn(Cc3ccc(F)cc3Cl)n2)cc1Cl. The first-order chi connectivity index (χ1) is 11.9. The number of aromatic nitrogens is 4. The van der Waals surface area contributed by atoms with Gasteiger partial charge in [-0.05, 0) is 24.6 Å². The van der Waals surface area contributed by atoms with Crippen LogP contribution in [0.3, 0.4) is 0 Å². The molecule has 1 amide bonds. The molecule has 2 heterocycles. The van der Waals surface area contributed by atoms with Gasteiger partial charge >= 0.3 is 0 Å². The van der Waals surface area contributed by atoms with Crippen molar-refractivity contribution < 1.29 is 9.18 Å². The van der Waals surface area contributed by atoms with Crippen molar-refractivity contribution in [3.63, 3.8) is 0 Å². The molecular formula is C16H14Cl2FN5O. The molecule has 0 bridgehead atoms. The summed E-state index contributed by atoms with van der Waals surface area (Å²) >= 11 is 11.9. The number of amides is 1. The van der Waals surface area contributed by atoms with Gasteiger partial charge in [0.05, 0.1) is 17.3 Å². The average Bonchev–Trinajstić information content (AvgIpc) is 3.09. The molecule has 130 valence electrons. The normalized spacial score (nSPS) is 10.9. The summed E-state index contributed by atoms with van der Waals surface area (Å²) in [5, 5.41) is 11.9. The summed E-state index contributed by atoms with van der Waals surface area (Å²) in [5.41, 5.74) is 1.39. The number of hydrogen-bond acceptors (Lipinski definition) is 3. The zero-order valence-corrected chi connectivity index (χ0v) is 14.7. The van der Waals surface area contributed by atoms with Gasteiger partial charge in [-0.3, -0.25) is 14.2 Å². The molecule has 25 heavy (non-hydrogen) atoms. The third kappa shape index (κ3) is 4.37. The molecule has 0 aliphatic rings. The maximum absolute atomic E-state index is 13.1. The minimum Gasteiger partial charge on any atom is -0.308 e. The molecule has 0 unspecified atom stereocenters. The lowest BCUT2D eigenvalue weighted by Crippen LogP contribution is -2.19. The smallest absolute Gasteiger partial charge is 0.247 e. The van der Waals surface area contributed by atoms with E-state index in [-0.39, 0.29) is 12.5 Å². The van der Waals surface area contributed by atoms with Crippen LogP contribution in [0.25, 0.3) is 0 Å². The van der Waals surface area contributed by atoms with Crippen molar-refractivity contribution in [2.75, 3.05) is 5.32 Å². The molecule has 0 radical (unpaired) electrons. The first-order valence-corrected chi connectivity index (χ1v) is 8.13. The van der Waals surface area contributed by atoms with E-state index >= 15 is 0 Å². The zero-order chi connectivity index (χ0) is 18.0. The second-order valence-corrected chi connectivity index (χ2v) is 6.26. The quantitative estimate of drug-likeness (QED) is 0.735. The fraction of sp³-hybridized carbons (Fsp3) is 0.188. The largest absolute Gasteiger partial charge is 0.308 e. The number of nitrogens with one attached hydrogen (secondary N) is 1. The van der Waals surface area contributed by atoms with E-state index in [1.807, 2.05) is 0 Å². The van der Waals surface area contributed by atoms with Gasteiger partial charge < -0.3 is 5.32 Å². The van der Waals surface area contributed by atoms with E-state index < -0.39 is 5.82 Å². The van der Waals surface area contributed by atoms with E-state index in [9.17, 15) is 9.18 Å². The molecule has 0 fully saturated rings. The Hall–Kier alpha value is -2.38. The number of carbonyl (C=O) groups is 1. The number of hydrogen-bond donors (Lipinski definition) is 1. The molecule has 0 saturated heterocycles. The van der Waals surface area contributed by atoms with Crippen molar-refractivity contribution in [1.29, 1.82) is 0 Å². The van der Waals surface area contributed by atoms with E-state index in [4.69, 9.17) is 23.2 Å². The summed E-state index contributed by atoms with van der Waals surface area (Å²) in [4.78, 5) is 12.0. The van der Waals surface area contributed by atoms with Crippen molar-refractivity contribution in [2.24, 2.45) is 0 Å². The van der Waals surface area contributed by atoms with Crippen molar-refractivity contribution in [2.45, 2.75) is 20.0 Å². The lowest BCUT2D eigenvalue weighted by atomic mass is 10.2. The highest BCUT2D eigenvalue weighted by Crippen LogP contribution is 2.18. The Kier molecular flexibility index (Phi) is 5.06. The molecule has 0 aliphatic heterocycles. The number of aryl methyl sites for hydroxylation is 1. The minimum atomic E-state index is -0.392. The molecule has 1 aromatic carbocycles. The monoisotopic (exact) mass is 381 g/mol. The van der Waals surface area contributed by atoms with E-state index in [0.717, 1.165) is 5.56 Å². The molecule has 6 nitrogen and oxygen atoms in total. The van der Waals surface area contributed by atoms with Crippen LogP contribution in [0.15, 0.2) is 36.7 Å². The fourth-order valence-corrected chi connectivity index (χ4v) is 2.62. The topological polar surface area (TPSA) is 64.7 Å². The number of nitrogens with zero attached hydrogens (tertiary/aromatic N) is 4. The zero-order valence-electron chi connectivity index (χ0n) is 13.2. The summed E-state index contributed by atoms with van der Waals surface area (Å²) in [7, 11) is 0. The van der Waals surface area contributed by atoms with Gasteiger partial charge in [0.25, 0.3) is 0 Å². The van der Waals surface area contributed by atoms with E-state index in [0.29, 0.717) is 28.1 Å². The summed E-state index contributed by atoms with van der Waals surface area (Å²) in [6.45, 7) is 2.16. The van der Waals surface area contributed by atoms with Crippen molar-refractivity contribution >= 4 is 34.9 Å². The lowest BCUT2D eigenvalue weighted by molar-refractivity contribution is -0.116. The van der Waals surface area contributed by atoms with Crippen LogP contribution in [0.5, 0.6) is 0 Å². The third-order valence-electron chi connectivity index (χ3n) is 3.45. The lowest BCUT2D eigenvalue weighted by Gasteiger charge is -2.05. The Labute approximate surface area is 153 Å². The van der Waals surface area contributed by atoms with E-state index in [2.05, 4.69) is 15.5 Å². The van der Waals surface area contributed by atoms with Gasteiger partial charge in [-0.15, -0.1) is 0 Å². The van der Waals surface area contributed by atoms with Crippen molar-refractivity contribution in [1.82, 2.24) is 19.6 Å². The average molecular weight is 382 g/mol. The molecule has 1 N–H and O–H groups in total. The van der Waals surface area contributed by atoms with Crippen molar-refractivity contribution in [3.05, 3.63) is 63.8 Å². The molecule has 9 heteroatoms. The highest BCUT2D eigenvalue weighted by atomic mass is 35.5. The van der Waals surface area contributed by atoms with Gasteiger partial charge in [0, 0.05) is 23.5 Å². The number of benzene rings is 1. The number of halogens is 3. The number of anilines is 1. The van der Waals surface area contributed by atoms with Crippen LogP contribution in [0.2, 0.25) is 10.0 Å². The standard InChI is InChI=1S/C16H14Cl2FN5O/c1-10-14(18)8-24(21-10)9-16(25)20-15-4-5-23(22-15)7-11-2-3-12(19)6-13(11)17/h2-6,8H,7,9H2,1H3,(H,20,22,25). The molecule has 0 atom stereocenters. The van der Waals surface area contributed by atoms with Gasteiger partial charge in [-0.2, -0.15) is 10.2 Å². The van der Waals surface area contributed by atoms with E-state index in [1.54, 1.807) is 36.1 Å². The Bertz CT molecular complexity index is 902. The van der Waals surface area contributed by atoms with Crippen LogP contribution in [0.4, 0.5) is 10.2 Å². The summed E-state index contributed by atoms with van der Waals surface area (Å²) in [6, 6.07) is 5.85. The molecule has 2 aromatic heterocycles. The maximum Gasteiger partial charge on any atom is 0.247 e. The Morgan fingerprint density at radius 3 is 2.68 bits per heavy atom. The molecule has 3 aromatic rings. The van der Waals surface area contributed by atoms with Crippen LogP contribution < -0.4 is 5.32 Å². The second kappa shape index (κ2) is 7.25. The Morgan fingerprint density at radius 2 is 2.00 bits per heavy atom. The van der Waals surface area contributed by atoms with Crippen LogP contribution in [-0.2, 0) is 17.9 Å². The van der Waals surface area contributed by atoms with Gasteiger partial charge in [0.15, 0.2) is 5.82 Å². The van der Waals surface area contributed by atoms with Gasteiger partial charge in [0.1, 0.15) is 12.4 Å². The molecular weight excluding hydrogens is 368 g/mol. The third-order valence-corrected chi connectivity index (χ3v) is 4.17.